The number of amides is 1. The van der Waals surface area contributed by atoms with Crippen molar-refractivity contribution >= 4 is 51.4 Å². The molecule has 0 spiro atoms. The first-order chi connectivity index (χ1) is 19.6. The molecule has 2 N–H and O–H groups in total. The zero-order valence-electron chi connectivity index (χ0n) is 23.1. The van der Waals surface area contributed by atoms with Gasteiger partial charge in [-0.15, -0.1) is 0 Å². The lowest BCUT2D eigenvalue weighted by Gasteiger charge is -2.15. The highest BCUT2D eigenvalue weighted by atomic mass is 35.5. The molecular formula is C28H28ClF2N4O5PS. The lowest BCUT2D eigenvalue weighted by molar-refractivity contribution is 0.102. The quantitative estimate of drug-likeness (QED) is 0.211. The number of pyridine rings is 1. The maximum absolute atomic E-state index is 14.3. The number of carbonyl (C=O) groups excluding carboxylic acids is 1. The minimum absolute atomic E-state index is 0.0514. The zero-order chi connectivity index (χ0) is 30.8. The molecule has 0 fully saturated rings. The van der Waals surface area contributed by atoms with Crippen molar-refractivity contribution in [3.05, 3.63) is 88.7 Å². The van der Waals surface area contributed by atoms with Gasteiger partial charge in [-0.1, -0.05) is 18.5 Å². The van der Waals surface area contributed by atoms with E-state index in [4.69, 9.17) is 16.3 Å². The SMILES string of the molecule is CCP(C)(=O)c1cc(F)cc(COc2cc(F)cnc2-c2cc(C(=O)Nc3cc(Cl)cc(NS(C)(=O)=O)c3)cn2C)c1. The predicted octanol–water partition coefficient (Wildman–Crippen LogP) is 5.86. The molecule has 2 aromatic carbocycles. The second-order valence-electron chi connectivity index (χ2n) is 9.81. The molecule has 42 heavy (non-hydrogen) atoms. The normalized spacial score (nSPS) is 12.9. The Morgan fingerprint density at radius 1 is 1.07 bits per heavy atom. The van der Waals surface area contributed by atoms with Gasteiger partial charge in [0, 0.05) is 41.5 Å². The summed E-state index contributed by atoms with van der Waals surface area (Å²) in [6.07, 6.45) is 3.90. The van der Waals surface area contributed by atoms with Crippen LogP contribution in [0.25, 0.3) is 11.4 Å². The van der Waals surface area contributed by atoms with Crippen molar-refractivity contribution in [3.63, 3.8) is 0 Å². The van der Waals surface area contributed by atoms with Gasteiger partial charge in [0.2, 0.25) is 10.0 Å². The van der Waals surface area contributed by atoms with Crippen LogP contribution in [0.3, 0.4) is 0 Å². The summed E-state index contributed by atoms with van der Waals surface area (Å²) in [6.45, 7) is 3.20. The van der Waals surface area contributed by atoms with Crippen molar-refractivity contribution in [2.24, 2.45) is 7.05 Å². The van der Waals surface area contributed by atoms with Gasteiger partial charge in [-0.3, -0.25) is 9.52 Å². The first-order valence-electron chi connectivity index (χ1n) is 12.5. The Kier molecular flexibility index (Phi) is 9.10. The minimum atomic E-state index is -3.57. The molecule has 0 bridgehead atoms. The standard InChI is InChI=1S/C28H28ClF2N4O5PS/c1-5-41(3,37)24-7-17(6-20(30)11-24)16-40-26-12-21(31)14-32-27(26)25-8-18(15-35(25)2)28(36)33-22-9-19(29)10-23(13-22)34-42(4,38)39/h6-15,34H,5,16H2,1-4H3,(H,33,36). The molecule has 2 aromatic heterocycles. The third kappa shape index (κ3) is 7.76. The summed E-state index contributed by atoms with van der Waals surface area (Å²) in [5, 5.41) is 3.26. The second kappa shape index (κ2) is 12.2. The summed E-state index contributed by atoms with van der Waals surface area (Å²) in [7, 11) is -4.65. The highest BCUT2D eigenvalue weighted by Crippen LogP contribution is 2.39. The van der Waals surface area contributed by atoms with Crippen molar-refractivity contribution in [2.45, 2.75) is 13.5 Å². The van der Waals surface area contributed by atoms with Crippen LogP contribution in [0.4, 0.5) is 20.2 Å². The third-order valence-corrected chi connectivity index (χ3v) is 9.66. The lowest BCUT2D eigenvalue weighted by Crippen LogP contribution is -2.13. The van der Waals surface area contributed by atoms with Gasteiger partial charge < -0.3 is 19.2 Å². The minimum Gasteiger partial charge on any atom is -0.486 e. The first kappa shape index (κ1) is 31.2. The van der Waals surface area contributed by atoms with Crippen LogP contribution in [0.2, 0.25) is 5.02 Å². The van der Waals surface area contributed by atoms with E-state index in [0.717, 1.165) is 18.5 Å². The summed E-state index contributed by atoms with van der Waals surface area (Å²) in [6, 6.07) is 11.0. The predicted molar refractivity (Wildman–Crippen MR) is 161 cm³/mol. The molecule has 222 valence electrons. The Labute approximate surface area is 247 Å². The summed E-state index contributed by atoms with van der Waals surface area (Å²) < 4.78 is 74.3. The number of aryl methyl sites for hydroxylation is 1. The highest BCUT2D eigenvalue weighted by molar-refractivity contribution is 7.92. The van der Waals surface area contributed by atoms with Crippen LogP contribution in [-0.4, -0.2) is 43.0 Å². The number of nitrogens with zero attached hydrogens (tertiary/aromatic N) is 2. The van der Waals surface area contributed by atoms with E-state index in [1.807, 2.05) is 0 Å². The van der Waals surface area contributed by atoms with E-state index in [1.54, 1.807) is 31.3 Å². The monoisotopic (exact) mass is 636 g/mol. The maximum Gasteiger partial charge on any atom is 0.257 e. The largest absolute Gasteiger partial charge is 0.486 e. The summed E-state index contributed by atoms with van der Waals surface area (Å²) in [5.74, 6) is -1.70. The molecule has 0 saturated heterocycles. The van der Waals surface area contributed by atoms with Crippen LogP contribution in [0.5, 0.6) is 5.75 Å². The van der Waals surface area contributed by atoms with Crippen LogP contribution < -0.4 is 20.1 Å². The van der Waals surface area contributed by atoms with Crippen molar-refractivity contribution in [2.75, 3.05) is 29.1 Å². The number of nitrogens with one attached hydrogen (secondary N) is 2. The van der Waals surface area contributed by atoms with Crippen LogP contribution >= 0.6 is 18.7 Å². The molecule has 0 aliphatic carbocycles. The van der Waals surface area contributed by atoms with E-state index >= 15 is 0 Å². The first-order valence-corrected chi connectivity index (χ1v) is 17.2. The van der Waals surface area contributed by atoms with E-state index < -0.39 is 34.7 Å². The van der Waals surface area contributed by atoms with E-state index in [2.05, 4.69) is 15.0 Å². The van der Waals surface area contributed by atoms with Gasteiger partial charge in [-0.2, -0.15) is 0 Å². The van der Waals surface area contributed by atoms with E-state index in [9.17, 15) is 26.6 Å². The molecule has 9 nitrogen and oxygen atoms in total. The fourth-order valence-corrected chi connectivity index (χ4v) is 6.10. The molecule has 1 atom stereocenters. The molecule has 0 aliphatic heterocycles. The molecule has 0 aliphatic rings. The second-order valence-corrected chi connectivity index (χ2v) is 15.3. The van der Waals surface area contributed by atoms with E-state index in [0.29, 0.717) is 22.7 Å². The summed E-state index contributed by atoms with van der Waals surface area (Å²) >= 11 is 6.09. The van der Waals surface area contributed by atoms with Crippen molar-refractivity contribution in [1.82, 2.24) is 9.55 Å². The Hall–Kier alpha value is -3.73. The number of rotatable bonds is 10. The Balaban J connectivity index is 1.59. The van der Waals surface area contributed by atoms with Gasteiger partial charge in [0.05, 0.1) is 29.4 Å². The number of aromatic nitrogens is 2. The van der Waals surface area contributed by atoms with Gasteiger partial charge in [-0.05, 0) is 54.7 Å². The zero-order valence-corrected chi connectivity index (χ0v) is 25.6. The number of hydrogen-bond acceptors (Lipinski definition) is 6. The topological polar surface area (TPSA) is 119 Å². The molecule has 0 saturated carbocycles. The smallest absolute Gasteiger partial charge is 0.257 e. The molecular weight excluding hydrogens is 609 g/mol. The van der Waals surface area contributed by atoms with Crippen LogP contribution in [-0.2, 0) is 28.2 Å². The van der Waals surface area contributed by atoms with Crippen molar-refractivity contribution in [1.29, 1.82) is 0 Å². The number of anilines is 2. The van der Waals surface area contributed by atoms with Crippen LogP contribution in [0.1, 0.15) is 22.8 Å². The average Bonchev–Trinajstić information content (AvgIpc) is 3.27. The third-order valence-electron chi connectivity index (χ3n) is 6.27. The molecule has 1 unspecified atom stereocenters. The van der Waals surface area contributed by atoms with Crippen molar-refractivity contribution < 1.29 is 31.3 Å². The molecule has 2 heterocycles. The summed E-state index contributed by atoms with van der Waals surface area (Å²) in [4.78, 5) is 17.2. The number of hydrogen-bond donors (Lipinski definition) is 2. The van der Waals surface area contributed by atoms with E-state index in [-0.39, 0.29) is 40.0 Å². The van der Waals surface area contributed by atoms with Gasteiger partial charge in [0.15, 0.2) is 5.75 Å². The Morgan fingerprint density at radius 3 is 2.48 bits per heavy atom. The van der Waals surface area contributed by atoms with Gasteiger partial charge in [0.25, 0.3) is 5.91 Å². The molecule has 4 rings (SSSR count). The number of ether oxygens (including phenoxy) is 1. The molecule has 14 heteroatoms. The average molecular weight is 637 g/mol. The van der Waals surface area contributed by atoms with Gasteiger partial charge in [0.1, 0.15) is 31.1 Å². The Bertz CT molecular complexity index is 1830. The van der Waals surface area contributed by atoms with Crippen LogP contribution in [0, 0.1) is 11.6 Å². The fourth-order valence-electron chi connectivity index (χ4n) is 4.12. The summed E-state index contributed by atoms with van der Waals surface area (Å²) in [5.41, 5.74) is 1.70. The van der Waals surface area contributed by atoms with E-state index in [1.165, 1.54) is 42.6 Å². The van der Waals surface area contributed by atoms with Gasteiger partial charge in [-0.25, -0.2) is 22.2 Å². The maximum atomic E-state index is 14.3. The molecule has 1 amide bonds. The fraction of sp³-hybridized carbons (Fsp3) is 0.214. The van der Waals surface area contributed by atoms with Crippen LogP contribution in [0.15, 0.2) is 60.9 Å². The number of benzene rings is 2. The molecule has 0 radical (unpaired) electrons. The van der Waals surface area contributed by atoms with Gasteiger partial charge >= 0.3 is 0 Å². The number of halogens is 3. The van der Waals surface area contributed by atoms with Crippen molar-refractivity contribution in [3.8, 4) is 17.1 Å². The lowest BCUT2D eigenvalue weighted by atomic mass is 10.2. The number of carbonyl (C=O) groups is 1. The highest BCUT2D eigenvalue weighted by Gasteiger charge is 2.20. The molecule has 4 aromatic rings. The Morgan fingerprint density at radius 2 is 1.79 bits per heavy atom. The number of sulfonamides is 1.